The fourth-order valence-corrected chi connectivity index (χ4v) is 3.92. The highest BCUT2D eigenvalue weighted by Crippen LogP contribution is 2.39. The first-order chi connectivity index (χ1) is 17.5. The van der Waals surface area contributed by atoms with Crippen LogP contribution in [0.25, 0.3) is 6.08 Å². The second-order valence-corrected chi connectivity index (χ2v) is 8.56. The van der Waals surface area contributed by atoms with E-state index in [1.165, 1.54) is 11.6 Å². The zero-order chi connectivity index (χ0) is 25.8. The van der Waals surface area contributed by atoms with Gasteiger partial charge in [-0.2, -0.15) is 0 Å². The van der Waals surface area contributed by atoms with Crippen molar-refractivity contribution in [3.8, 4) is 11.5 Å². The standard InChI is InChI=1S/C27H33N3O6/c1-2-35-24-18-22(16-21-17-23(30(33)34)19-36-27(21)24)29-26(32)13-7-4-8-15-28-25(31)14-9-12-20-10-5-3-6-11-20/h3,5-6,10-11,16-18H,2,4,7-9,12-15,19H2,1H3,(H,28,31)(H,29,32). The topological polar surface area (TPSA) is 120 Å². The molecule has 0 atom stereocenters. The molecule has 0 aromatic heterocycles. The predicted molar refractivity (Wildman–Crippen MR) is 138 cm³/mol. The predicted octanol–water partition coefficient (Wildman–Crippen LogP) is 4.73. The van der Waals surface area contributed by atoms with E-state index in [0.29, 0.717) is 55.2 Å². The number of aryl methyl sites for hydroxylation is 1. The minimum Gasteiger partial charge on any atom is -0.490 e. The molecule has 0 bridgehead atoms. The molecule has 2 N–H and O–H groups in total. The summed E-state index contributed by atoms with van der Waals surface area (Å²) in [4.78, 5) is 35.0. The normalized spacial score (nSPS) is 12.1. The number of amides is 2. The molecule has 0 radical (unpaired) electrons. The summed E-state index contributed by atoms with van der Waals surface area (Å²) in [7, 11) is 0. The maximum Gasteiger partial charge on any atom is 0.284 e. The first-order valence-electron chi connectivity index (χ1n) is 12.4. The molecule has 1 heterocycles. The van der Waals surface area contributed by atoms with Crippen LogP contribution in [-0.2, 0) is 16.0 Å². The van der Waals surface area contributed by atoms with E-state index in [0.717, 1.165) is 25.7 Å². The smallest absolute Gasteiger partial charge is 0.284 e. The molecule has 9 heteroatoms. The van der Waals surface area contributed by atoms with Gasteiger partial charge in [-0.1, -0.05) is 36.8 Å². The summed E-state index contributed by atoms with van der Waals surface area (Å²) in [6.45, 7) is 2.67. The fourth-order valence-electron chi connectivity index (χ4n) is 3.92. The number of ether oxygens (including phenoxy) is 2. The number of hydrogen-bond donors (Lipinski definition) is 2. The molecular weight excluding hydrogens is 462 g/mol. The molecular formula is C27H33N3O6. The van der Waals surface area contributed by atoms with Gasteiger partial charge >= 0.3 is 0 Å². The van der Waals surface area contributed by atoms with Gasteiger partial charge in [0.1, 0.15) is 0 Å². The molecule has 0 aliphatic carbocycles. The fraction of sp³-hybridized carbons (Fsp3) is 0.407. The number of carbonyl (C=O) groups excluding carboxylic acids is 2. The molecule has 9 nitrogen and oxygen atoms in total. The number of nitrogens with one attached hydrogen (secondary N) is 2. The van der Waals surface area contributed by atoms with Crippen LogP contribution < -0.4 is 20.1 Å². The van der Waals surface area contributed by atoms with Crippen LogP contribution in [0.1, 0.15) is 56.6 Å². The lowest BCUT2D eigenvalue weighted by molar-refractivity contribution is -0.427. The number of benzene rings is 2. The van der Waals surface area contributed by atoms with Crippen molar-refractivity contribution in [3.63, 3.8) is 0 Å². The molecule has 0 fully saturated rings. The van der Waals surface area contributed by atoms with Crippen LogP contribution in [0.15, 0.2) is 48.2 Å². The third-order valence-electron chi connectivity index (χ3n) is 5.70. The highest BCUT2D eigenvalue weighted by atomic mass is 16.6. The Balaban J connectivity index is 1.36. The Morgan fingerprint density at radius 1 is 1.06 bits per heavy atom. The van der Waals surface area contributed by atoms with E-state index in [9.17, 15) is 19.7 Å². The third-order valence-corrected chi connectivity index (χ3v) is 5.70. The van der Waals surface area contributed by atoms with Crippen molar-refractivity contribution in [1.82, 2.24) is 5.32 Å². The van der Waals surface area contributed by atoms with Crippen LogP contribution in [0.2, 0.25) is 0 Å². The first kappa shape index (κ1) is 26.7. The molecule has 0 saturated heterocycles. The van der Waals surface area contributed by atoms with Crippen molar-refractivity contribution in [1.29, 1.82) is 0 Å². The summed E-state index contributed by atoms with van der Waals surface area (Å²) in [5.41, 5.74) is 2.17. The number of nitro groups is 1. The molecule has 0 unspecified atom stereocenters. The number of hydrogen-bond acceptors (Lipinski definition) is 6. The molecule has 2 aromatic rings. The monoisotopic (exact) mass is 495 g/mol. The van der Waals surface area contributed by atoms with E-state index >= 15 is 0 Å². The molecule has 0 saturated carbocycles. The van der Waals surface area contributed by atoms with Gasteiger partial charge in [0, 0.05) is 42.8 Å². The Labute approximate surface area is 211 Å². The van der Waals surface area contributed by atoms with Crippen LogP contribution in [0.5, 0.6) is 11.5 Å². The lowest BCUT2D eigenvalue weighted by Crippen LogP contribution is -2.24. The van der Waals surface area contributed by atoms with Crippen molar-refractivity contribution < 1.29 is 24.0 Å². The number of fused-ring (bicyclic) bond motifs is 1. The van der Waals surface area contributed by atoms with Crippen molar-refractivity contribution in [2.24, 2.45) is 0 Å². The summed E-state index contributed by atoms with van der Waals surface area (Å²) in [5.74, 6) is 0.767. The van der Waals surface area contributed by atoms with Gasteiger partial charge in [-0.3, -0.25) is 19.7 Å². The van der Waals surface area contributed by atoms with Gasteiger partial charge in [-0.25, -0.2) is 0 Å². The van der Waals surface area contributed by atoms with Crippen molar-refractivity contribution >= 4 is 23.6 Å². The van der Waals surface area contributed by atoms with Gasteiger partial charge in [0.05, 0.1) is 11.5 Å². The number of anilines is 1. The summed E-state index contributed by atoms with van der Waals surface area (Å²) in [6, 6.07) is 13.4. The highest BCUT2D eigenvalue weighted by molar-refractivity contribution is 5.91. The van der Waals surface area contributed by atoms with E-state index in [1.54, 1.807) is 12.1 Å². The quantitative estimate of drug-likeness (QED) is 0.222. The van der Waals surface area contributed by atoms with E-state index in [1.807, 2.05) is 25.1 Å². The lowest BCUT2D eigenvalue weighted by Gasteiger charge is -2.19. The molecule has 1 aliphatic rings. The molecule has 0 spiro atoms. The Morgan fingerprint density at radius 2 is 1.83 bits per heavy atom. The second-order valence-electron chi connectivity index (χ2n) is 8.56. The van der Waals surface area contributed by atoms with Crippen LogP contribution in [0.4, 0.5) is 5.69 Å². The summed E-state index contributed by atoms with van der Waals surface area (Å²) in [6.07, 6.45) is 6.29. The second kappa shape index (κ2) is 13.9. The van der Waals surface area contributed by atoms with Crippen molar-refractivity contribution in [2.45, 2.75) is 51.9 Å². The van der Waals surface area contributed by atoms with E-state index in [-0.39, 0.29) is 24.1 Å². The van der Waals surface area contributed by atoms with Gasteiger partial charge < -0.3 is 20.1 Å². The van der Waals surface area contributed by atoms with Crippen LogP contribution in [0.3, 0.4) is 0 Å². The Bertz CT molecular complexity index is 1080. The Morgan fingerprint density at radius 3 is 2.58 bits per heavy atom. The van der Waals surface area contributed by atoms with Crippen LogP contribution in [-0.4, -0.2) is 36.5 Å². The van der Waals surface area contributed by atoms with Gasteiger partial charge in [0.15, 0.2) is 18.1 Å². The molecule has 1 aliphatic heterocycles. The average Bonchev–Trinajstić information content (AvgIpc) is 2.86. The summed E-state index contributed by atoms with van der Waals surface area (Å²) >= 11 is 0. The van der Waals surface area contributed by atoms with Crippen molar-refractivity contribution in [3.05, 3.63) is 69.4 Å². The minimum absolute atomic E-state index is 0.0550. The number of unbranched alkanes of at least 4 members (excludes halogenated alkanes) is 2. The van der Waals surface area contributed by atoms with E-state index < -0.39 is 4.92 Å². The van der Waals surface area contributed by atoms with Crippen LogP contribution in [0, 0.1) is 10.1 Å². The Kier molecular flexibility index (Phi) is 10.3. The minimum atomic E-state index is -0.484. The SMILES string of the molecule is CCOc1cc(NC(=O)CCCCCNC(=O)CCCc2ccccc2)cc2c1OCC([N+](=O)[O-])=C2. The number of nitrogens with zero attached hydrogens (tertiary/aromatic N) is 1. The van der Waals surface area contributed by atoms with Gasteiger partial charge in [0.25, 0.3) is 5.70 Å². The summed E-state index contributed by atoms with van der Waals surface area (Å²) < 4.78 is 11.1. The molecule has 192 valence electrons. The maximum atomic E-state index is 12.4. The largest absolute Gasteiger partial charge is 0.490 e. The van der Waals surface area contributed by atoms with Gasteiger partial charge in [0.2, 0.25) is 11.8 Å². The van der Waals surface area contributed by atoms with Gasteiger partial charge in [-0.05, 0) is 44.2 Å². The zero-order valence-corrected chi connectivity index (χ0v) is 20.6. The number of rotatable bonds is 14. The first-order valence-corrected chi connectivity index (χ1v) is 12.4. The third kappa shape index (κ3) is 8.41. The maximum absolute atomic E-state index is 12.4. The van der Waals surface area contributed by atoms with Crippen LogP contribution >= 0.6 is 0 Å². The number of carbonyl (C=O) groups is 2. The molecule has 2 aromatic carbocycles. The molecule has 36 heavy (non-hydrogen) atoms. The van der Waals surface area contributed by atoms with E-state index in [4.69, 9.17) is 9.47 Å². The molecule has 2 amide bonds. The average molecular weight is 496 g/mol. The summed E-state index contributed by atoms with van der Waals surface area (Å²) in [5, 5.41) is 16.9. The highest BCUT2D eigenvalue weighted by Gasteiger charge is 2.24. The van der Waals surface area contributed by atoms with E-state index in [2.05, 4.69) is 22.8 Å². The lowest BCUT2D eigenvalue weighted by atomic mass is 10.1. The van der Waals surface area contributed by atoms with Crippen molar-refractivity contribution in [2.75, 3.05) is 25.1 Å². The molecule has 3 rings (SSSR count). The zero-order valence-electron chi connectivity index (χ0n) is 20.6. The van der Waals surface area contributed by atoms with Gasteiger partial charge in [-0.15, -0.1) is 0 Å². The Hall–Kier alpha value is -3.88.